The molecule has 0 aliphatic carbocycles. The van der Waals surface area contributed by atoms with E-state index in [1.165, 1.54) is 21.3 Å². The van der Waals surface area contributed by atoms with Gasteiger partial charge in [-0.1, -0.05) is 19.3 Å². The van der Waals surface area contributed by atoms with Crippen LogP contribution in [-0.2, 0) is 26.2 Å². The number of hydrogen-bond acceptors (Lipinski definition) is 4. The Labute approximate surface area is 219 Å². The summed E-state index contributed by atoms with van der Waals surface area (Å²) in [5, 5.41) is 0. The minimum absolute atomic E-state index is 0.255. The van der Waals surface area contributed by atoms with E-state index in [0.717, 1.165) is 44.9 Å². The summed E-state index contributed by atoms with van der Waals surface area (Å²) in [4.78, 5) is 50.2. The molecule has 0 aliphatic heterocycles. The van der Waals surface area contributed by atoms with Gasteiger partial charge in [0.25, 0.3) is 11.1 Å². The van der Waals surface area contributed by atoms with Gasteiger partial charge in [0, 0.05) is 62.5 Å². The molecule has 2 aromatic heterocycles. The van der Waals surface area contributed by atoms with Gasteiger partial charge in [0.1, 0.15) is 0 Å². The van der Waals surface area contributed by atoms with Crippen LogP contribution in [0.2, 0.25) is 0 Å². The Morgan fingerprint density at radius 3 is 1.24 bits per heavy atom. The lowest BCUT2D eigenvalue weighted by molar-refractivity contribution is 0.474. The number of hydrogen-bond donors (Lipinski definition) is 0. The van der Waals surface area contributed by atoms with E-state index in [-0.39, 0.29) is 22.5 Å². The molecule has 0 fully saturated rings. The van der Waals surface area contributed by atoms with Gasteiger partial charge in [-0.25, -0.2) is 9.59 Å². The average molecular weight is 509 g/mol. The first-order valence-corrected chi connectivity index (χ1v) is 13.3. The first-order valence-electron chi connectivity index (χ1n) is 13.3. The van der Waals surface area contributed by atoms with Crippen LogP contribution in [0.1, 0.15) is 82.0 Å². The highest BCUT2D eigenvalue weighted by Crippen LogP contribution is 2.07. The summed E-state index contributed by atoms with van der Waals surface area (Å²) in [6.45, 7) is 5.49. The van der Waals surface area contributed by atoms with E-state index in [1.54, 1.807) is 23.0 Å². The van der Waals surface area contributed by atoms with Gasteiger partial charge in [0.2, 0.25) is 0 Å². The summed E-state index contributed by atoms with van der Waals surface area (Å²) in [7, 11) is 0. The Hall–Kier alpha value is -3.52. The lowest BCUT2D eigenvalue weighted by Gasteiger charge is -2.14. The maximum atomic E-state index is 12.8. The third-order valence-corrected chi connectivity index (χ3v) is 6.64. The fourth-order valence-corrected chi connectivity index (χ4v) is 4.47. The van der Waals surface area contributed by atoms with Crippen LogP contribution >= 0.6 is 0 Å². The number of aryl methyl sites for hydroxylation is 2. The zero-order valence-corrected chi connectivity index (χ0v) is 22.3. The summed E-state index contributed by atoms with van der Waals surface area (Å²) >= 11 is 0. The molecule has 0 aromatic carbocycles. The van der Waals surface area contributed by atoms with Gasteiger partial charge >= 0.3 is 11.4 Å². The molecule has 0 saturated carbocycles. The smallest absolute Gasteiger partial charge is 0.298 e. The van der Waals surface area contributed by atoms with Crippen molar-refractivity contribution in [3.8, 4) is 24.7 Å². The number of nitrogens with zero attached hydrogens (tertiary/aromatic N) is 4. The van der Waals surface area contributed by atoms with Crippen molar-refractivity contribution in [2.45, 2.75) is 111 Å². The fraction of sp³-hybridized carbons (Fsp3) is 0.586. The zero-order valence-electron chi connectivity index (χ0n) is 22.3. The van der Waals surface area contributed by atoms with Crippen LogP contribution in [0.4, 0.5) is 0 Å². The molecule has 2 heterocycles. The molecule has 8 heteroatoms. The van der Waals surface area contributed by atoms with Crippen molar-refractivity contribution in [3.05, 3.63) is 65.2 Å². The molecule has 0 N–H and O–H groups in total. The summed E-state index contributed by atoms with van der Waals surface area (Å²) < 4.78 is 5.97. The van der Waals surface area contributed by atoms with E-state index in [0.29, 0.717) is 63.3 Å². The third-order valence-electron chi connectivity index (χ3n) is 6.64. The number of unbranched alkanes of at least 4 members (excludes halogenated alkanes) is 8. The van der Waals surface area contributed by atoms with E-state index in [9.17, 15) is 19.2 Å². The van der Waals surface area contributed by atoms with Crippen LogP contribution in [-0.4, -0.2) is 18.3 Å². The third kappa shape index (κ3) is 8.82. The molecule has 200 valence electrons. The van der Waals surface area contributed by atoms with Crippen LogP contribution in [0.3, 0.4) is 0 Å². The largest absolute Gasteiger partial charge is 0.331 e. The van der Waals surface area contributed by atoms with E-state index in [4.69, 9.17) is 12.8 Å². The minimum Gasteiger partial charge on any atom is -0.298 e. The van der Waals surface area contributed by atoms with E-state index < -0.39 is 0 Å². The Bertz CT molecular complexity index is 1240. The highest BCUT2D eigenvalue weighted by molar-refractivity contribution is 5.01. The quantitative estimate of drug-likeness (QED) is 0.257. The lowest BCUT2D eigenvalue weighted by atomic mass is 10.1. The predicted molar refractivity (Wildman–Crippen MR) is 148 cm³/mol. The monoisotopic (exact) mass is 508 g/mol. The molecule has 2 rings (SSSR count). The highest BCUT2D eigenvalue weighted by Gasteiger charge is 2.10. The van der Waals surface area contributed by atoms with Gasteiger partial charge in [0.05, 0.1) is 0 Å². The topological polar surface area (TPSA) is 88.0 Å². The van der Waals surface area contributed by atoms with Crippen molar-refractivity contribution >= 4 is 0 Å². The number of rotatable bonds is 16. The average Bonchev–Trinajstić information content (AvgIpc) is 2.85. The molecule has 2 aromatic rings. The summed E-state index contributed by atoms with van der Waals surface area (Å²) in [6.07, 6.45) is 19.3. The first kappa shape index (κ1) is 29.7. The molecule has 8 nitrogen and oxygen atoms in total. The fourth-order valence-electron chi connectivity index (χ4n) is 4.47. The molecule has 0 amide bonds. The predicted octanol–water partition coefficient (Wildman–Crippen LogP) is 3.21. The Morgan fingerprint density at radius 1 is 0.541 bits per heavy atom. The van der Waals surface area contributed by atoms with Gasteiger partial charge < -0.3 is 0 Å². The van der Waals surface area contributed by atoms with Crippen molar-refractivity contribution in [1.29, 1.82) is 0 Å². The molecule has 0 spiro atoms. The van der Waals surface area contributed by atoms with Crippen molar-refractivity contribution in [3.63, 3.8) is 0 Å². The first-order chi connectivity index (χ1) is 17.8. The Balaban J connectivity index is 1.85. The van der Waals surface area contributed by atoms with Gasteiger partial charge in [-0.15, -0.1) is 24.7 Å². The highest BCUT2D eigenvalue weighted by atomic mass is 16.2. The second kappa shape index (κ2) is 15.6. The molecule has 0 saturated heterocycles. The molecule has 0 radical (unpaired) electrons. The molecule has 0 aliphatic rings. The molecule has 0 unspecified atom stereocenters. The molecule has 0 bridgehead atoms. The van der Waals surface area contributed by atoms with Gasteiger partial charge in [0.15, 0.2) is 0 Å². The van der Waals surface area contributed by atoms with Crippen molar-refractivity contribution in [2.24, 2.45) is 0 Å². The molecule has 37 heavy (non-hydrogen) atoms. The second-order valence-corrected chi connectivity index (χ2v) is 9.51. The van der Waals surface area contributed by atoms with Crippen LogP contribution in [0.15, 0.2) is 31.3 Å². The second-order valence-electron chi connectivity index (χ2n) is 9.51. The molecule has 0 atom stereocenters. The minimum atomic E-state index is -0.260. The number of terminal acetylenes is 2. The van der Waals surface area contributed by atoms with Crippen molar-refractivity contribution < 1.29 is 0 Å². The van der Waals surface area contributed by atoms with Crippen LogP contribution in [0, 0.1) is 38.5 Å². The SMILES string of the molecule is C#CCCCCn1c(=O)cc(C)n(CCCCCCCn2c(C)cc(=O)n(CCCCC#C)c2=O)c1=O. The normalized spacial score (nSPS) is 10.8. The van der Waals surface area contributed by atoms with Crippen LogP contribution in [0.25, 0.3) is 0 Å². The van der Waals surface area contributed by atoms with Gasteiger partial charge in [-0.05, 0) is 52.4 Å². The van der Waals surface area contributed by atoms with Crippen LogP contribution < -0.4 is 22.5 Å². The summed E-state index contributed by atoms with van der Waals surface area (Å²) in [6, 6.07) is 3.05. The standard InChI is InChI=1S/C29H40N4O4/c1-5-7-9-14-20-32-26(34)22-24(3)30(28(32)36)18-16-12-11-13-17-19-31-25(4)23-27(35)33(29(31)37)21-15-10-8-6-2/h1-2,22-23H,7-21H2,3-4H3. The van der Waals surface area contributed by atoms with Gasteiger partial charge in [-0.2, -0.15) is 0 Å². The zero-order chi connectivity index (χ0) is 27.2. The van der Waals surface area contributed by atoms with Crippen molar-refractivity contribution in [1.82, 2.24) is 18.3 Å². The van der Waals surface area contributed by atoms with Crippen LogP contribution in [0.5, 0.6) is 0 Å². The van der Waals surface area contributed by atoms with Gasteiger partial charge in [-0.3, -0.25) is 27.9 Å². The van der Waals surface area contributed by atoms with Crippen molar-refractivity contribution in [2.75, 3.05) is 0 Å². The Kier molecular flexibility index (Phi) is 12.5. The summed E-state index contributed by atoms with van der Waals surface area (Å²) in [5.41, 5.74) is 0.330. The maximum absolute atomic E-state index is 12.8. The van der Waals surface area contributed by atoms with E-state index in [1.807, 2.05) is 0 Å². The summed E-state index contributed by atoms with van der Waals surface area (Å²) in [5.74, 6) is 5.15. The number of aromatic nitrogens is 4. The maximum Gasteiger partial charge on any atom is 0.331 e. The van der Waals surface area contributed by atoms with E-state index >= 15 is 0 Å². The Morgan fingerprint density at radius 2 is 0.865 bits per heavy atom. The van der Waals surface area contributed by atoms with E-state index in [2.05, 4.69) is 11.8 Å². The molecular weight excluding hydrogens is 468 g/mol. The molecular formula is C29H40N4O4. The lowest BCUT2D eigenvalue weighted by Crippen LogP contribution is -2.40.